The zero-order chi connectivity index (χ0) is 19.9. The lowest BCUT2D eigenvalue weighted by Gasteiger charge is -2.25. The maximum atomic E-state index is 12.1. The SMILES string of the molecule is CCOc1ccc(-c2noc(CCC(=O)NC(C)(COC)C(=O)O)n2)cc1. The highest BCUT2D eigenvalue weighted by Crippen LogP contribution is 2.20. The summed E-state index contributed by atoms with van der Waals surface area (Å²) >= 11 is 0. The molecule has 0 bridgehead atoms. The zero-order valence-electron chi connectivity index (χ0n) is 15.5. The first-order chi connectivity index (χ1) is 12.9. The van der Waals surface area contributed by atoms with E-state index >= 15 is 0 Å². The molecule has 2 rings (SSSR count). The van der Waals surface area contributed by atoms with Crippen LogP contribution in [0, 0.1) is 0 Å². The molecule has 1 unspecified atom stereocenters. The van der Waals surface area contributed by atoms with E-state index in [-0.39, 0.29) is 25.3 Å². The Morgan fingerprint density at radius 1 is 1.30 bits per heavy atom. The van der Waals surface area contributed by atoms with Gasteiger partial charge in [-0.05, 0) is 38.1 Å². The van der Waals surface area contributed by atoms with E-state index in [1.54, 1.807) is 0 Å². The van der Waals surface area contributed by atoms with Crippen molar-refractivity contribution in [3.05, 3.63) is 30.2 Å². The van der Waals surface area contributed by atoms with Gasteiger partial charge in [-0.25, -0.2) is 4.79 Å². The number of hydrogen-bond acceptors (Lipinski definition) is 7. The van der Waals surface area contributed by atoms with Crippen molar-refractivity contribution in [2.45, 2.75) is 32.2 Å². The first-order valence-corrected chi connectivity index (χ1v) is 8.47. The second kappa shape index (κ2) is 9.13. The number of amides is 1. The fraction of sp³-hybridized carbons (Fsp3) is 0.444. The Labute approximate surface area is 156 Å². The van der Waals surface area contributed by atoms with Crippen molar-refractivity contribution in [3.8, 4) is 17.1 Å². The monoisotopic (exact) mass is 377 g/mol. The summed E-state index contributed by atoms with van der Waals surface area (Å²) in [6.45, 7) is 3.73. The van der Waals surface area contributed by atoms with Gasteiger partial charge in [0.1, 0.15) is 5.75 Å². The number of rotatable bonds is 10. The predicted molar refractivity (Wildman–Crippen MR) is 95.3 cm³/mol. The molecule has 0 saturated heterocycles. The second-order valence-corrected chi connectivity index (χ2v) is 6.09. The van der Waals surface area contributed by atoms with Gasteiger partial charge in [0, 0.05) is 25.5 Å². The van der Waals surface area contributed by atoms with Crippen LogP contribution in [0.25, 0.3) is 11.4 Å². The second-order valence-electron chi connectivity index (χ2n) is 6.09. The molecule has 0 aliphatic heterocycles. The molecule has 9 nitrogen and oxygen atoms in total. The van der Waals surface area contributed by atoms with Crippen molar-refractivity contribution in [3.63, 3.8) is 0 Å². The van der Waals surface area contributed by atoms with Crippen molar-refractivity contribution in [1.29, 1.82) is 0 Å². The van der Waals surface area contributed by atoms with Crippen LogP contribution in [0.15, 0.2) is 28.8 Å². The van der Waals surface area contributed by atoms with E-state index in [2.05, 4.69) is 15.5 Å². The number of carbonyl (C=O) groups is 2. The molecule has 0 saturated carbocycles. The van der Waals surface area contributed by atoms with Gasteiger partial charge in [-0.1, -0.05) is 5.16 Å². The number of aromatic nitrogens is 2. The molecule has 0 aliphatic rings. The van der Waals surface area contributed by atoms with E-state index in [4.69, 9.17) is 14.0 Å². The fourth-order valence-electron chi connectivity index (χ4n) is 2.37. The molecule has 2 aromatic rings. The van der Waals surface area contributed by atoms with Gasteiger partial charge in [0.05, 0.1) is 13.2 Å². The van der Waals surface area contributed by atoms with Gasteiger partial charge in [0.25, 0.3) is 0 Å². The number of ether oxygens (including phenoxy) is 2. The van der Waals surface area contributed by atoms with E-state index in [0.717, 1.165) is 11.3 Å². The molecule has 9 heteroatoms. The molecule has 0 aliphatic carbocycles. The van der Waals surface area contributed by atoms with Gasteiger partial charge in [-0.2, -0.15) is 4.98 Å². The van der Waals surface area contributed by atoms with E-state index in [1.165, 1.54) is 14.0 Å². The Kier molecular flexibility index (Phi) is 6.89. The number of benzene rings is 1. The Morgan fingerprint density at radius 3 is 2.59 bits per heavy atom. The maximum Gasteiger partial charge on any atom is 0.331 e. The van der Waals surface area contributed by atoms with Crippen LogP contribution in [-0.2, 0) is 20.7 Å². The molecule has 1 aromatic carbocycles. The van der Waals surface area contributed by atoms with Crippen LogP contribution in [0.5, 0.6) is 5.75 Å². The molecule has 1 aromatic heterocycles. The van der Waals surface area contributed by atoms with Crippen LogP contribution in [0.1, 0.15) is 26.2 Å². The average molecular weight is 377 g/mol. The fourth-order valence-corrected chi connectivity index (χ4v) is 2.37. The summed E-state index contributed by atoms with van der Waals surface area (Å²) in [5.74, 6) is -0.175. The van der Waals surface area contributed by atoms with Crippen LogP contribution in [0.4, 0.5) is 0 Å². The summed E-state index contributed by atoms with van der Waals surface area (Å²) in [5, 5.41) is 15.6. The Morgan fingerprint density at radius 2 is 2.00 bits per heavy atom. The molecule has 1 amide bonds. The van der Waals surface area contributed by atoms with E-state index in [0.29, 0.717) is 12.4 Å². The first-order valence-electron chi connectivity index (χ1n) is 8.47. The van der Waals surface area contributed by atoms with Crippen molar-refractivity contribution in [2.75, 3.05) is 20.3 Å². The van der Waals surface area contributed by atoms with Crippen molar-refractivity contribution >= 4 is 11.9 Å². The summed E-state index contributed by atoms with van der Waals surface area (Å²) in [6.07, 6.45) is 0.204. The standard InChI is InChI=1S/C18H23N3O6/c1-4-26-13-7-5-12(6-8-13)16-19-15(27-21-16)10-9-14(22)20-18(2,11-25-3)17(23)24/h5-8H,4,9-11H2,1-3H3,(H,20,22)(H,23,24). The van der Waals surface area contributed by atoms with Crippen molar-refractivity contribution in [1.82, 2.24) is 15.5 Å². The summed E-state index contributed by atoms with van der Waals surface area (Å²) < 4.78 is 15.4. The molecule has 2 N–H and O–H groups in total. The minimum atomic E-state index is -1.49. The third-order valence-electron chi connectivity index (χ3n) is 3.78. The van der Waals surface area contributed by atoms with Crippen LogP contribution in [0.2, 0.25) is 0 Å². The molecular formula is C18H23N3O6. The average Bonchev–Trinajstić information content (AvgIpc) is 3.10. The van der Waals surface area contributed by atoms with Crippen LogP contribution in [0.3, 0.4) is 0 Å². The van der Waals surface area contributed by atoms with E-state index < -0.39 is 17.4 Å². The number of nitrogens with one attached hydrogen (secondary N) is 1. The molecule has 0 radical (unpaired) electrons. The number of methoxy groups -OCH3 is 1. The number of carboxylic acids is 1. The number of hydrogen-bond donors (Lipinski definition) is 2. The first kappa shape index (κ1) is 20.4. The maximum absolute atomic E-state index is 12.1. The highest BCUT2D eigenvalue weighted by atomic mass is 16.5. The number of carbonyl (C=O) groups excluding carboxylic acids is 1. The number of aliphatic carboxylic acids is 1. The van der Waals surface area contributed by atoms with Gasteiger partial charge in [0.15, 0.2) is 5.54 Å². The van der Waals surface area contributed by atoms with Crippen molar-refractivity contribution in [2.24, 2.45) is 0 Å². The minimum Gasteiger partial charge on any atom is -0.494 e. The Balaban J connectivity index is 1.93. The summed E-state index contributed by atoms with van der Waals surface area (Å²) in [6, 6.07) is 7.25. The highest BCUT2D eigenvalue weighted by Gasteiger charge is 2.34. The lowest BCUT2D eigenvalue weighted by molar-refractivity contribution is -0.149. The number of nitrogens with zero attached hydrogens (tertiary/aromatic N) is 2. The normalized spacial score (nSPS) is 13.0. The molecule has 27 heavy (non-hydrogen) atoms. The molecule has 1 heterocycles. The summed E-state index contributed by atoms with van der Waals surface area (Å²) in [4.78, 5) is 27.6. The summed E-state index contributed by atoms with van der Waals surface area (Å²) in [5.41, 5.74) is -0.731. The van der Waals surface area contributed by atoms with Crippen molar-refractivity contribution < 1.29 is 28.7 Å². The van der Waals surface area contributed by atoms with E-state index in [1.807, 2.05) is 31.2 Å². The predicted octanol–water partition coefficient (Wildman–Crippen LogP) is 1.67. The van der Waals surface area contributed by atoms with Gasteiger partial charge < -0.3 is 24.4 Å². The Bertz CT molecular complexity index is 774. The third-order valence-corrected chi connectivity index (χ3v) is 3.78. The van der Waals surface area contributed by atoms with Crippen LogP contribution in [-0.4, -0.2) is 53.0 Å². The lowest BCUT2D eigenvalue weighted by Crippen LogP contribution is -2.55. The topological polar surface area (TPSA) is 124 Å². The molecule has 0 spiro atoms. The molecule has 0 fully saturated rings. The smallest absolute Gasteiger partial charge is 0.331 e. The zero-order valence-corrected chi connectivity index (χ0v) is 15.5. The van der Waals surface area contributed by atoms with Gasteiger partial charge >= 0.3 is 5.97 Å². The Hall–Kier alpha value is -2.94. The number of aryl methyl sites for hydroxylation is 1. The van der Waals surface area contributed by atoms with Gasteiger partial charge in [-0.3, -0.25) is 4.79 Å². The highest BCUT2D eigenvalue weighted by molar-refractivity contribution is 5.86. The van der Waals surface area contributed by atoms with Crippen LogP contribution >= 0.6 is 0 Å². The summed E-state index contributed by atoms with van der Waals surface area (Å²) in [7, 11) is 1.37. The lowest BCUT2D eigenvalue weighted by atomic mass is 10.0. The largest absolute Gasteiger partial charge is 0.494 e. The van der Waals surface area contributed by atoms with Gasteiger partial charge in [-0.15, -0.1) is 0 Å². The van der Waals surface area contributed by atoms with E-state index in [9.17, 15) is 14.7 Å². The molecule has 1 atom stereocenters. The third kappa shape index (κ3) is 5.52. The molecule has 146 valence electrons. The quantitative estimate of drug-likeness (QED) is 0.641. The van der Waals surface area contributed by atoms with Crippen LogP contribution < -0.4 is 10.1 Å². The number of carboxylic acid groups (broad SMARTS) is 1. The minimum absolute atomic E-state index is 0.0114. The van der Waals surface area contributed by atoms with Gasteiger partial charge in [0.2, 0.25) is 17.6 Å². The molecular weight excluding hydrogens is 354 g/mol.